The lowest BCUT2D eigenvalue weighted by molar-refractivity contribution is -0.122. The summed E-state index contributed by atoms with van der Waals surface area (Å²) in [6.07, 6.45) is 2.08. The topological polar surface area (TPSA) is 71.5 Å². The first-order valence-corrected chi connectivity index (χ1v) is 11.9. The van der Waals surface area contributed by atoms with Gasteiger partial charge in [-0.05, 0) is 30.7 Å². The van der Waals surface area contributed by atoms with Gasteiger partial charge in [-0.3, -0.25) is 14.5 Å². The number of carbonyl (C=O) groups excluding carboxylic acids is 2. The van der Waals surface area contributed by atoms with E-state index in [2.05, 4.69) is 15.0 Å². The minimum atomic E-state index is -2.97. The van der Waals surface area contributed by atoms with Gasteiger partial charge in [0.05, 0.1) is 15.1 Å². The lowest BCUT2D eigenvalue weighted by Crippen LogP contribution is -2.29. The maximum Gasteiger partial charge on any atom is 0.387 e. The van der Waals surface area contributed by atoms with E-state index >= 15 is 0 Å². The molecular weight excluding hydrogens is 488 g/mol. The number of hydrogen-bond acceptors (Lipinski definition) is 7. The molecule has 1 saturated heterocycles. The highest BCUT2D eigenvalue weighted by Gasteiger charge is 2.32. The van der Waals surface area contributed by atoms with Crippen LogP contribution in [0, 0.1) is 0 Å². The second-order valence-electron chi connectivity index (χ2n) is 6.89. The zero-order valence-electron chi connectivity index (χ0n) is 17.0. The van der Waals surface area contributed by atoms with Crippen molar-refractivity contribution < 1.29 is 23.1 Å². The molecule has 1 N–H and O–H groups in total. The Kier molecular flexibility index (Phi) is 7.31. The molecule has 2 aromatic carbocycles. The molecule has 33 heavy (non-hydrogen) atoms. The number of halogens is 2. The van der Waals surface area contributed by atoms with E-state index in [4.69, 9.17) is 12.2 Å². The van der Waals surface area contributed by atoms with Gasteiger partial charge in [0, 0.05) is 18.5 Å². The quantitative estimate of drug-likeness (QED) is 0.321. The van der Waals surface area contributed by atoms with Crippen molar-refractivity contribution in [2.24, 2.45) is 0 Å². The van der Waals surface area contributed by atoms with Crippen LogP contribution >= 0.6 is 35.3 Å². The van der Waals surface area contributed by atoms with E-state index in [1.165, 1.54) is 28.4 Å². The summed E-state index contributed by atoms with van der Waals surface area (Å²) in [6, 6.07) is 13.8. The number of hydrogen-bond donors (Lipinski definition) is 1. The second kappa shape index (κ2) is 10.4. The van der Waals surface area contributed by atoms with Crippen molar-refractivity contribution in [3.8, 4) is 5.75 Å². The van der Waals surface area contributed by atoms with Gasteiger partial charge in [0.2, 0.25) is 5.91 Å². The van der Waals surface area contributed by atoms with Crippen LogP contribution < -0.4 is 10.1 Å². The molecule has 11 heteroatoms. The van der Waals surface area contributed by atoms with E-state index in [0.717, 1.165) is 22.0 Å². The molecule has 0 spiro atoms. The Morgan fingerprint density at radius 1 is 1.21 bits per heavy atom. The first kappa shape index (κ1) is 23.3. The zero-order valence-corrected chi connectivity index (χ0v) is 19.4. The molecule has 6 nitrogen and oxygen atoms in total. The number of alkyl halides is 2. The number of ether oxygens (including phenoxy) is 1. The molecule has 2 heterocycles. The number of benzene rings is 2. The number of amides is 2. The van der Waals surface area contributed by atoms with Gasteiger partial charge < -0.3 is 10.1 Å². The highest BCUT2D eigenvalue weighted by molar-refractivity contribution is 8.26. The monoisotopic (exact) mass is 505 g/mol. The van der Waals surface area contributed by atoms with E-state index in [0.29, 0.717) is 26.3 Å². The average Bonchev–Trinajstić information content (AvgIpc) is 3.29. The molecule has 1 fully saturated rings. The molecule has 0 radical (unpaired) electrons. The number of fused-ring (bicyclic) bond motifs is 1. The maximum atomic E-state index is 12.8. The number of anilines is 1. The summed E-state index contributed by atoms with van der Waals surface area (Å²) >= 11 is 7.78. The lowest BCUT2D eigenvalue weighted by atomic mass is 10.2. The molecule has 0 saturated carbocycles. The van der Waals surface area contributed by atoms with Crippen LogP contribution in [-0.4, -0.2) is 39.2 Å². The predicted octanol–water partition coefficient (Wildman–Crippen LogP) is 5.52. The van der Waals surface area contributed by atoms with Crippen molar-refractivity contribution in [3.05, 3.63) is 59.0 Å². The highest BCUT2D eigenvalue weighted by atomic mass is 32.2. The van der Waals surface area contributed by atoms with Crippen LogP contribution in [0.1, 0.15) is 18.4 Å². The van der Waals surface area contributed by atoms with Crippen LogP contribution in [0.15, 0.2) is 53.4 Å². The third kappa shape index (κ3) is 5.73. The van der Waals surface area contributed by atoms with E-state index in [1.807, 2.05) is 24.3 Å². The number of para-hydroxylation sites is 2. The Bertz CT molecular complexity index is 1210. The Morgan fingerprint density at radius 2 is 1.97 bits per heavy atom. The van der Waals surface area contributed by atoms with Crippen LogP contribution in [-0.2, 0) is 9.59 Å². The summed E-state index contributed by atoms with van der Waals surface area (Å²) in [7, 11) is 0. The fourth-order valence-corrected chi connectivity index (χ4v) is 5.32. The molecule has 1 aliphatic rings. The minimum absolute atomic E-state index is 0.0238. The summed E-state index contributed by atoms with van der Waals surface area (Å²) < 4.78 is 31.1. The molecule has 0 unspecified atom stereocenters. The van der Waals surface area contributed by atoms with Crippen LogP contribution in [0.5, 0.6) is 5.75 Å². The number of nitrogens with zero attached hydrogens (tertiary/aromatic N) is 2. The number of carbonyl (C=O) groups is 2. The number of rotatable bonds is 8. The van der Waals surface area contributed by atoms with Gasteiger partial charge in [-0.2, -0.15) is 8.78 Å². The van der Waals surface area contributed by atoms with Crippen molar-refractivity contribution in [3.63, 3.8) is 0 Å². The summed E-state index contributed by atoms with van der Waals surface area (Å²) in [5, 5.41) is 3.31. The van der Waals surface area contributed by atoms with Crippen LogP contribution in [0.4, 0.5) is 13.9 Å². The standard InChI is InChI=1S/C22H17F2N3O3S3/c23-20(24)30-15-8-3-1-6-13(15)12-17-19(29)27(22(31)33-17)11-5-10-18(28)26-21-25-14-7-2-4-9-16(14)32-21/h1-4,6-9,12,20H,5,10-11H2,(H,25,26,28)/b17-12-. The molecule has 1 aliphatic heterocycles. The van der Waals surface area contributed by atoms with Gasteiger partial charge in [0.25, 0.3) is 5.91 Å². The van der Waals surface area contributed by atoms with E-state index in [1.54, 1.807) is 18.2 Å². The Hall–Kier alpha value is -2.89. The van der Waals surface area contributed by atoms with Gasteiger partial charge >= 0.3 is 6.61 Å². The third-order valence-electron chi connectivity index (χ3n) is 4.62. The van der Waals surface area contributed by atoms with Gasteiger partial charge in [-0.15, -0.1) is 0 Å². The fourth-order valence-electron chi connectivity index (χ4n) is 3.14. The first-order valence-electron chi connectivity index (χ1n) is 9.85. The van der Waals surface area contributed by atoms with Crippen molar-refractivity contribution in [2.45, 2.75) is 19.5 Å². The summed E-state index contributed by atoms with van der Waals surface area (Å²) in [6.45, 7) is -2.70. The largest absolute Gasteiger partial charge is 0.434 e. The molecule has 1 aromatic heterocycles. The van der Waals surface area contributed by atoms with Gasteiger partial charge in [-0.1, -0.05) is 65.6 Å². The first-order chi connectivity index (χ1) is 15.9. The summed E-state index contributed by atoms with van der Waals surface area (Å²) in [4.78, 5) is 31.1. The predicted molar refractivity (Wildman–Crippen MR) is 130 cm³/mol. The van der Waals surface area contributed by atoms with E-state index in [-0.39, 0.29) is 30.5 Å². The summed E-state index contributed by atoms with van der Waals surface area (Å²) in [5.74, 6) is -0.555. The number of nitrogens with one attached hydrogen (secondary N) is 1. The molecule has 4 rings (SSSR count). The minimum Gasteiger partial charge on any atom is -0.434 e. The van der Waals surface area contributed by atoms with Crippen LogP contribution in [0.3, 0.4) is 0 Å². The SMILES string of the molecule is O=C(CCCN1C(=O)/C(=C/c2ccccc2OC(F)F)SC1=S)Nc1nc2ccccc2s1. The Balaban J connectivity index is 1.34. The van der Waals surface area contributed by atoms with Crippen molar-refractivity contribution in [2.75, 3.05) is 11.9 Å². The molecular formula is C22H17F2N3O3S3. The van der Waals surface area contributed by atoms with Crippen LogP contribution in [0.2, 0.25) is 0 Å². The average molecular weight is 506 g/mol. The second-order valence-corrected chi connectivity index (χ2v) is 9.59. The molecule has 2 amide bonds. The lowest BCUT2D eigenvalue weighted by Gasteiger charge is -2.13. The Labute approximate surface area is 201 Å². The van der Waals surface area contributed by atoms with Crippen LogP contribution in [0.25, 0.3) is 16.3 Å². The smallest absolute Gasteiger partial charge is 0.387 e. The zero-order chi connectivity index (χ0) is 23.4. The van der Waals surface area contributed by atoms with Gasteiger partial charge in [0.1, 0.15) is 10.1 Å². The number of thioether (sulfide) groups is 1. The third-order valence-corrected chi connectivity index (χ3v) is 6.95. The molecule has 0 bridgehead atoms. The fraction of sp³-hybridized carbons (Fsp3) is 0.182. The Morgan fingerprint density at radius 3 is 2.76 bits per heavy atom. The number of thiazole rings is 1. The van der Waals surface area contributed by atoms with E-state index < -0.39 is 6.61 Å². The highest BCUT2D eigenvalue weighted by Crippen LogP contribution is 2.34. The summed E-state index contributed by atoms with van der Waals surface area (Å²) in [5.41, 5.74) is 1.18. The van der Waals surface area contributed by atoms with Gasteiger partial charge in [-0.25, -0.2) is 4.98 Å². The number of thiocarbonyl (C=S) groups is 1. The van der Waals surface area contributed by atoms with E-state index in [9.17, 15) is 18.4 Å². The normalized spacial score (nSPS) is 15.1. The molecule has 3 aromatic rings. The van der Waals surface area contributed by atoms with Gasteiger partial charge in [0.15, 0.2) is 5.13 Å². The number of aromatic nitrogens is 1. The van der Waals surface area contributed by atoms with Crippen molar-refractivity contribution in [1.82, 2.24) is 9.88 Å². The molecule has 170 valence electrons. The van der Waals surface area contributed by atoms with Crippen molar-refractivity contribution in [1.29, 1.82) is 0 Å². The molecule has 0 aliphatic carbocycles. The molecule has 0 atom stereocenters. The van der Waals surface area contributed by atoms with Crippen molar-refractivity contribution >= 4 is 72.9 Å². The maximum absolute atomic E-state index is 12.8.